The van der Waals surface area contributed by atoms with Crippen LogP contribution in [0.15, 0.2) is 54.4 Å². The minimum absolute atomic E-state index is 0.0565. The molecule has 4 N–H and O–H groups in total. The molecule has 0 saturated carbocycles. The number of carbonyl (C=O) groups is 1. The molecule has 1 saturated heterocycles. The first-order chi connectivity index (χ1) is 14.1. The van der Waals surface area contributed by atoms with Crippen molar-refractivity contribution in [3.05, 3.63) is 59.9 Å². The summed E-state index contributed by atoms with van der Waals surface area (Å²) in [7, 11) is 1.57. The normalized spacial score (nSPS) is 16.4. The first kappa shape index (κ1) is 20.5. The molecular formula is C22H26N4O3. The molecule has 1 aromatic heterocycles. The zero-order valence-corrected chi connectivity index (χ0v) is 16.4. The van der Waals surface area contributed by atoms with Crippen molar-refractivity contribution in [1.82, 2.24) is 4.98 Å². The maximum atomic E-state index is 13.5. The Labute approximate surface area is 170 Å². The van der Waals surface area contributed by atoms with Crippen LogP contribution < -0.4 is 15.8 Å². The predicted molar refractivity (Wildman–Crippen MR) is 113 cm³/mol. The Bertz CT molecular complexity index is 877. The van der Waals surface area contributed by atoms with E-state index in [1.807, 2.05) is 30.3 Å². The Morgan fingerprint density at radius 1 is 1.31 bits per heavy atom. The van der Waals surface area contributed by atoms with Crippen molar-refractivity contribution >= 4 is 23.4 Å². The van der Waals surface area contributed by atoms with Gasteiger partial charge in [0.2, 0.25) is 0 Å². The quantitative estimate of drug-likeness (QED) is 0.469. The lowest BCUT2D eigenvalue weighted by Crippen LogP contribution is -2.41. The number of pyridine rings is 1. The van der Waals surface area contributed by atoms with E-state index in [4.69, 9.17) is 20.6 Å². The van der Waals surface area contributed by atoms with Crippen molar-refractivity contribution in [3.8, 4) is 5.75 Å². The maximum Gasteiger partial charge on any atom is 0.188 e. The number of nitrogens with one attached hydrogen (secondary N) is 2. The van der Waals surface area contributed by atoms with E-state index in [0.29, 0.717) is 35.9 Å². The number of benzene rings is 1. The fourth-order valence-corrected chi connectivity index (χ4v) is 3.46. The second-order valence-electron chi connectivity index (χ2n) is 6.89. The van der Waals surface area contributed by atoms with Crippen molar-refractivity contribution in [2.75, 3.05) is 25.6 Å². The van der Waals surface area contributed by atoms with Gasteiger partial charge in [-0.3, -0.25) is 9.78 Å². The van der Waals surface area contributed by atoms with Gasteiger partial charge in [0.1, 0.15) is 5.75 Å². The second kappa shape index (κ2) is 9.84. The van der Waals surface area contributed by atoms with Gasteiger partial charge in [0.15, 0.2) is 5.78 Å². The van der Waals surface area contributed by atoms with Gasteiger partial charge in [-0.25, -0.2) is 0 Å². The fourth-order valence-electron chi connectivity index (χ4n) is 3.46. The highest BCUT2D eigenvalue weighted by Crippen LogP contribution is 2.27. The minimum Gasteiger partial charge on any atom is -0.495 e. The molecule has 3 rings (SSSR count). The molecule has 1 atom stereocenters. The van der Waals surface area contributed by atoms with E-state index in [2.05, 4.69) is 10.3 Å². The molecule has 1 aliphatic rings. The molecule has 1 aliphatic heterocycles. The number of Topliss-reactive ketones (excluding diaryl/α,β-unsaturated/α-hetero) is 1. The summed E-state index contributed by atoms with van der Waals surface area (Å²) < 4.78 is 10.7. The Morgan fingerprint density at radius 3 is 2.69 bits per heavy atom. The SMILES string of the molecule is COc1cncc(NC(C(=O)C(C=N)=C(N)c2ccccc2)C2CCOCC2)c1. The van der Waals surface area contributed by atoms with E-state index in [0.717, 1.165) is 19.1 Å². The average molecular weight is 394 g/mol. The van der Waals surface area contributed by atoms with Crippen LogP contribution in [0, 0.1) is 11.3 Å². The van der Waals surface area contributed by atoms with Crippen LogP contribution in [0.4, 0.5) is 5.69 Å². The summed E-state index contributed by atoms with van der Waals surface area (Å²) >= 11 is 0. The molecule has 2 heterocycles. The monoisotopic (exact) mass is 394 g/mol. The van der Waals surface area contributed by atoms with Gasteiger partial charge in [0.05, 0.1) is 42.5 Å². The van der Waals surface area contributed by atoms with Gasteiger partial charge in [0.25, 0.3) is 0 Å². The van der Waals surface area contributed by atoms with Crippen molar-refractivity contribution in [3.63, 3.8) is 0 Å². The highest BCUT2D eigenvalue weighted by atomic mass is 16.5. The number of hydrogen-bond donors (Lipinski definition) is 3. The van der Waals surface area contributed by atoms with Crippen LogP contribution in [0.25, 0.3) is 5.70 Å². The van der Waals surface area contributed by atoms with Gasteiger partial charge in [-0.1, -0.05) is 30.3 Å². The summed E-state index contributed by atoms with van der Waals surface area (Å²) in [6.07, 6.45) is 5.79. The molecule has 1 fully saturated rings. The number of ketones is 1. The Hall–Kier alpha value is -3.19. The zero-order valence-electron chi connectivity index (χ0n) is 16.4. The third kappa shape index (κ3) is 5.00. The van der Waals surface area contributed by atoms with Crippen molar-refractivity contribution in [2.24, 2.45) is 11.7 Å². The Kier molecular flexibility index (Phi) is 6.97. The van der Waals surface area contributed by atoms with E-state index >= 15 is 0 Å². The van der Waals surface area contributed by atoms with Crippen molar-refractivity contribution in [1.29, 1.82) is 5.41 Å². The highest BCUT2D eigenvalue weighted by Gasteiger charge is 2.32. The molecule has 0 bridgehead atoms. The maximum absolute atomic E-state index is 13.5. The molecule has 0 amide bonds. The number of nitrogens with zero attached hydrogens (tertiary/aromatic N) is 1. The van der Waals surface area contributed by atoms with E-state index in [1.165, 1.54) is 0 Å². The third-order valence-corrected chi connectivity index (χ3v) is 5.08. The molecule has 0 aliphatic carbocycles. The zero-order chi connectivity index (χ0) is 20.6. The van der Waals surface area contributed by atoms with Crippen molar-refractivity contribution < 1.29 is 14.3 Å². The van der Waals surface area contributed by atoms with Gasteiger partial charge in [-0.05, 0) is 24.3 Å². The van der Waals surface area contributed by atoms with Gasteiger partial charge in [-0.2, -0.15) is 0 Å². The van der Waals surface area contributed by atoms with E-state index in [-0.39, 0.29) is 17.3 Å². The van der Waals surface area contributed by atoms with Gasteiger partial charge >= 0.3 is 0 Å². The molecule has 2 aromatic rings. The summed E-state index contributed by atoms with van der Waals surface area (Å²) in [6, 6.07) is 10.5. The van der Waals surface area contributed by atoms with E-state index < -0.39 is 6.04 Å². The minimum atomic E-state index is -0.549. The van der Waals surface area contributed by atoms with Gasteiger partial charge in [-0.15, -0.1) is 0 Å². The molecule has 1 aromatic carbocycles. The number of carbonyl (C=O) groups excluding carboxylic acids is 1. The summed E-state index contributed by atoms with van der Waals surface area (Å²) in [5.74, 6) is 0.442. The predicted octanol–water partition coefficient (Wildman–Crippen LogP) is 2.89. The van der Waals surface area contributed by atoms with Crippen LogP contribution in [0.2, 0.25) is 0 Å². The molecule has 1 unspecified atom stereocenters. The number of aromatic nitrogens is 1. The number of methoxy groups -OCH3 is 1. The van der Waals surface area contributed by atoms with Crippen LogP contribution in [0.1, 0.15) is 18.4 Å². The molecular weight excluding hydrogens is 368 g/mol. The standard InChI is InChI=1S/C22H26N4O3/c1-28-18-11-17(13-25-14-18)26-21(16-7-9-29-10-8-16)22(27)19(12-23)20(24)15-5-3-2-4-6-15/h2-6,11-14,16,21,23,26H,7-10,24H2,1H3. The number of hydrogen-bond acceptors (Lipinski definition) is 7. The Morgan fingerprint density at radius 2 is 2.03 bits per heavy atom. The summed E-state index contributed by atoms with van der Waals surface area (Å²) in [5.41, 5.74) is 8.16. The molecule has 0 spiro atoms. The number of rotatable bonds is 8. The fraction of sp³-hybridized carbons (Fsp3) is 0.318. The number of ether oxygens (including phenoxy) is 2. The van der Waals surface area contributed by atoms with Gasteiger partial charge < -0.3 is 25.9 Å². The van der Waals surface area contributed by atoms with Crippen LogP contribution in [0.3, 0.4) is 0 Å². The molecule has 152 valence electrons. The third-order valence-electron chi connectivity index (χ3n) is 5.08. The van der Waals surface area contributed by atoms with Crippen molar-refractivity contribution in [2.45, 2.75) is 18.9 Å². The topological polar surface area (TPSA) is 110 Å². The first-order valence-corrected chi connectivity index (χ1v) is 9.57. The number of anilines is 1. The molecule has 0 radical (unpaired) electrons. The summed E-state index contributed by atoms with van der Waals surface area (Å²) in [4.78, 5) is 17.7. The summed E-state index contributed by atoms with van der Waals surface area (Å²) in [5, 5.41) is 11.2. The lowest BCUT2D eigenvalue weighted by Gasteiger charge is -2.31. The van der Waals surface area contributed by atoms with Crippen LogP contribution in [0.5, 0.6) is 5.75 Å². The van der Waals surface area contributed by atoms with E-state index in [9.17, 15) is 4.79 Å². The average Bonchev–Trinajstić information content (AvgIpc) is 2.79. The van der Waals surface area contributed by atoms with E-state index in [1.54, 1.807) is 25.6 Å². The molecule has 7 nitrogen and oxygen atoms in total. The molecule has 7 heteroatoms. The molecule has 29 heavy (non-hydrogen) atoms. The largest absolute Gasteiger partial charge is 0.495 e. The highest BCUT2D eigenvalue weighted by molar-refractivity contribution is 6.20. The number of nitrogens with two attached hydrogens (primary N) is 1. The lowest BCUT2D eigenvalue weighted by atomic mass is 9.85. The van der Waals surface area contributed by atoms with Gasteiger partial charge in [0, 0.05) is 25.5 Å². The first-order valence-electron chi connectivity index (χ1n) is 9.57. The lowest BCUT2D eigenvalue weighted by molar-refractivity contribution is -0.117. The second-order valence-corrected chi connectivity index (χ2v) is 6.89. The van der Waals surface area contributed by atoms with Crippen LogP contribution >= 0.6 is 0 Å². The summed E-state index contributed by atoms with van der Waals surface area (Å²) in [6.45, 7) is 1.20. The smallest absolute Gasteiger partial charge is 0.188 e. The Balaban J connectivity index is 1.95. The van der Waals surface area contributed by atoms with Crippen LogP contribution in [-0.4, -0.2) is 43.3 Å². The van der Waals surface area contributed by atoms with Crippen LogP contribution in [-0.2, 0) is 9.53 Å².